The van der Waals surface area contributed by atoms with Crippen LogP contribution in [0.3, 0.4) is 0 Å². The molecule has 0 aliphatic carbocycles. The van der Waals surface area contributed by atoms with Crippen LogP contribution in [0, 0.1) is 6.92 Å². The van der Waals surface area contributed by atoms with Gasteiger partial charge in [-0.15, -0.1) is 5.10 Å². The Bertz CT molecular complexity index is 745. The lowest BCUT2D eigenvalue weighted by molar-refractivity contribution is -0.129. The Kier molecular flexibility index (Phi) is 4.94. The summed E-state index contributed by atoms with van der Waals surface area (Å²) in [6, 6.07) is 5.98. The van der Waals surface area contributed by atoms with Crippen LogP contribution in [-0.4, -0.2) is 52.2 Å². The van der Waals surface area contributed by atoms with Gasteiger partial charge in [-0.3, -0.25) is 4.79 Å². The number of anilines is 3. The predicted octanol–water partition coefficient (Wildman–Crippen LogP) is 2.35. The second-order valence-corrected chi connectivity index (χ2v) is 6.57. The Morgan fingerprint density at radius 3 is 2.67 bits per heavy atom. The quantitative estimate of drug-likeness (QED) is 0.866. The van der Waals surface area contributed by atoms with Crippen LogP contribution in [0.5, 0.6) is 0 Å². The molecule has 1 saturated heterocycles. The van der Waals surface area contributed by atoms with E-state index in [1.807, 2.05) is 30.0 Å². The standard InChI is InChI=1S/C16H19BrN6O/c1-11-3-4-13(9-14(11)17)19-16-20-15(10-18-21-16)23-7-5-22(6-8-23)12(2)24/h3-4,9-10H,5-8H2,1-2H3,(H,19,20,21). The van der Waals surface area contributed by atoms with Gasteiger partial charge in [-0.05, 0) is 24.6 Å². The van der Waals surface area contributed by atoms with Crippen molar-refractivity contribution in [1.29, 1.82) is 0 Å². The van der Waals surface area contributed by atoms with Crippen molar-refractivity contribution >= 4 is 39.3 Å². The van der Waals surface area contributed by atoms with Crippen molar-refractivity contribution in [2.75, 3.05) is 36.4 Å². The van der Waals surface area contributed by atoms with Gasteiger partial charge in [0.05, 0.1) is 6.20 Å². The first-order valence-corrected chi connectivity index (χ1v) is 8.55. The summed E-state index contributed by atoms with van der Waals surface area (Å²) in [7, 11) is 0. The summed E-state index contributed by atoms with van der Waals surface area (Å²) in [4.78, 5) is 19.9. The van der Waals surface area contributed by atoms with Crippen LogP contribution in [0.25, 0.3) is 0 Å². The van der Waals surface area contributed by atoms with Crippen LogP contribution in [0.4, 0.5) is 17.5 Å². The van der Waals surface area contributed by atoms with Crippen molar-refractivity contribution in [3.8, 4) is 0 Å². The van der Waals surface area contributed by atoms with Crippen LogP contribution >= 0.6 is 15.9 Å². The minimum absolute atomic E-state index is 0.114. The van der Waals surface area contributed by atoms with E-state index >= 15 is 0 Å². The lowest BCUT2D eigenvalue weighted by Crippen LogP contribution is -2.48. The Labute approximate surface area is 149 Å². The molecule has 7 nitrogen and oxygen atoms in total. The number of hydrogen-bond acceptors (Lipinski definition) is 6. The van der Waals surface area contributed by atoms with Crippen molar-refractivity contribution in [3.05, 3.63) is 34.4 Å². The number of nitrogens with zero attached hydrogens (tertiary/aromatic N) is 5. The van der Waals surface area contributed by atoms with Crippen LogP contribution in [0.15, 0.2) is 28.9 Å². The molecule has 1 amide bonds. The van der Waals surface area contributed by atoms with E-state index in [4.69, 9.17) is 0 Å². The average molecular weight is 391 g/mol. The van der Waals surface area contributed by atoms with Gasteiger partial charge in [-0.2, -0.15) is 10.1 Å². The summed E-state index contributed by atoms with van der Waals surface area (Å²) in [5.41, 5.74) is 2.06. The molecule has 0 spiro atoms. The molecule has 1 N–H and O–H groups in total. The normalized spacial score (nSPS) is 14.6. The van der Waals surface area contributed by atoms with Crippen molar-refractivity contribution in [2.45, 2.75) is 13.8 Å². The van der Waals surface area contributed by atoms with E-state index < -0.39 is 0 Å². The molecule has 1 fully saturated rings. The van der Waals surface area contributed by atoms with Crippen LogP contribution < -0.4 is 10.2 Å². The highest BCUT2D eigenvalue weighted by Gasteiger charge is 2.20. The molecule has 1 aromatic heterocycles. The van der Waals surface area contributed by atoms with Crippen molar-refractivity contribution in [2.24, 2.45) is 0 Å². The molecular weight excluding hydrogens is 372 g/mol. The summed E-state index contributed by atoms with van der Waals surface area (Å²) in [6.07, 6.45) is 1.65. The maximum atomic E-state index is 11.4. The monoisotopic (exact) mass is 390 g/mol. The fourth-order valence-electron chi connectivity index (χ4n) is 2.55. The minimum atomic E-state index is 0.114. The van der Waals surface area contributed by atoms with Crippen LogP contribution in [-0.2, 0) is 4.79 Å². The smallest absolute Gasteiger partial charge is 0.249 e. The Balaban J connectivity index is 1.70. The number of carbonyl (C=O) groups excluding carboxylic acids is 1. The van der Waals surface area contributed by atoms with Gasteiger partial charge in [-0.1, -0.05) is 22.0 Å². The average Bonchev–Trinajstić information content (AvgIpc) is 2.58. The number of aromatic nitrogens is 3. The fourth-order valence-corrected chi connectivity index (χ4v) is 2.93. The topological polar surface area (TPSA) is 74.2 Å². The van der Waals surface area contributed by atoms with Gasteiger partial charge in [0.1, 0.15) is 0 Å². The summed E-state index contributed by atoms with van der Waals surface area (Å²) >= 11 is 3.52. The largest absolute Gasteiger partial charge is 0.352 e. The molecule has 1 aliphatic rings. The van der Waals surface area contributed by atoms with E-state index in [-0.39, 0.29) is 5.91 Å². The predicted molar refractivity (Wildman–Crippen MR) is 96.5 cm³/mol. The molecule has 0 radical (unpaired) electrons. The number of nitrogens with one attached hydrogen (secondary N) is 1. The number of piperazine rings is 1. The number of carbonyl (C=O) groups is 1. The zero-order valence-electron chi connectivity index (χ0n) is 13.7. The van der Waals surface area contributed by atoms with Gasteiger partial charge in [0, 0.05) is 43.3 Å². The number of aryl methyl sites for hydroxylation is 1. The molecule has 0 bridgehead atoms. The number of benzene rings is 1. The number of amides is 1. The van der Waals surface area contributed by atoms with E-state index in [2.05, 4.69) is 41.3 Å². The molecule has 8 heteroatoms. The molecule has 3 rings (SSSR count). The maximum absolute atomic E-state index is 11.4. The second kappa shape index (κ2) is 7.12. The third kappa shape index (κ3) is 3.81. The van der Waals surface area contributed by atoms with Gasteiger partial charge in [0.25, 0.3) is 0 Å². The first kappa shape index (κ1) is 16.6. The lowest BCUT2D eigenvalue weighted by atomic mass is 10.2. The van der Waals surface area contributed by atoms with Crippen molar-refractivity contribution in [3.63, 3.8) is 0 Å². The second-order valence-electron chi connectivity index (χ2n) is 5.72. The third-order valence-corrected chi connectivity index (χ3v) is 4.88. The highest BCUT2D eigenvalue weighted by atomic mass is 79.9. The van der Waals surface area contributed by atoms with Crippen molar-refractivity contribution in [1.82, 2.24) is 20.1 Å². The van der Waals surface area contributed by atoms with Gasteiger partial charge in [0.15, 0.2) is 5.82 Å². The molecule has 1 aromatic carbocycles. The SMILES string of the molecule is CC(=O)N1CCN(c2cnnc(Nc3ccc(C)c(Br)c3)n2)CC1. The third-order valence-electron chi connectivity index (χ3n) is 4.02. The molecule has 0 unspecified atom stereocenters. The lowest BCUT2D eigenvalue weighted by Gasteiger charge is -2.34. The minimum Gasteiger partial charge on any atom is -0.352 e. The number of hydrogen-bond donors (Lipinski definition) is 1. The molecule has 1 aliphatic heterocycles. The molecule has 2 heterocycles. The van der Waals surface area contributed by atoms with Gasteiger partial charge >= 0.3 is 0 Å². The highest BCUT2D eigenvalue weighted by molar-refractivity contribution is 9.10. The zero-order valence-corrected chi connectivity index (χ0v) is 15.2. The molecular formula is C16H19BrN6O. The van der Waals surface area contributed by atoms with Crippen LogP contribution in [0.1, 0.15) is 12.5 Å². The Hall–Kier alpha value is -2.22. The van der Waals surface area contributed by atoms with Crippen molar-refractivity contribution < 1.29 is 4.79 Å². The van der Waals surface area contributed by atoms with E-state index in [0.717, 1.165) is 34.6 Å². The summed E-state index contributed by atoms with van der Waals surface area (Å²) in [5.74, 6) is 1.34. The van der Waals surface area contributed by atoms with E-state index in [9.17, 15) is 4.79 Å². The van der Waals surface area contributed by atoms with E-state index in [1.165, 1.54) is 0 Å². The Morgan fingerprint density at radius 2 is 2.00 bits per heavy atom. The Morgan fingerprint density at radius 1 is 1.25 bits per heavy atom. The maximum Gasteiger partial charge on any atom is 0.249 e. The molecule has 24 heavy (non-hydrogen) atoms. The van der Waals surface area contributed by atoms with Gasteiger partial charge in [-0.25, -0.2) is 0 Å². The first-order chi connectivity index (χ1) is 11.5. The molecule has 0 atom stereocenters. The molecule has 2 aromatic rings. The zero-order chi connectivity index (χ0) is 17.1. The van der Waals surface area contributed by atoms with E-state index in [1.54, 1.807) is 13.1 Å². The first-order valence-electron chi connectivity index (χ1n) is 7.76. The van der Waals surface area contributed by atoms with Gasteiger partial charge < -0.3 is 15.1 Å². The number of halogens is 1. The molecule has 0 saturated carbocycles. The number of rotatable bonds is 3. The summed E-state index contributed by atoms with van der Waals surface area (Å²) < 4.78 is 1.02. The fraction of sp³-hybridized carbons (Fsp3) is 0.375. The summed E-state index contributed by atoms with van der Waals surface area (Å²) in [5, 5.41) is 11.3. The molecule has 126 valence electrons. The van der Waals surface area contributed by atoms with Crippen LogP contribution in [0.2, 0.25) is 0 Å². The van der Waals surface area contributed by atoms with Gasteiger partial charge in [0.2, 0.25) is 11.9 Å². The van der Waals surface area contributed by atoms with E-state index in [0.29, 0.717) is 19.0 Å². The summed E-state index contributed by atoms with van der Waals surface area (Å²) in [6.45, 7) is 6.53. The highest BCUT2D eigenvalue weighted by Crippen LogP contribution is 2.23.